The van der Waals surface area contributed by atoms with E-state index in [1.54, 1.807) is 13.8 Å². The standard InChI is InChI=1S/C22H28N4O4/c1-8-22(6)18(27)26(20(28)25-22)14(3)11-24-19(23-7)30-16-10-9-13(2)15-12-29-21(4,5)17(15)16/h9-11H,7-8,12H2,1-6H3,(H,25,28)/b14-11+,24-19+/t22-/m1/s1. The van der Waals surface area contributed by atoms with Crippen LogP contribution in [0.5, 0.6) is 5.75 Å². The molecule has 1 fully saturated rings. The van der Waals surface area contributed by atoms with E-state index in [-0.39, 0.29) is 11.9 Å². The fraction of sp³-hybridized carbons (Fsp3) is 0.455. The van der Waals surface area contributed by atoms with Crippen LogP contribution in [0.1, 0.15) is 57.7 Å². The van der Waals surface area contributed by atoms with Gasteiger partial charge in [-0.1, -0.05) is 13.0 Å². The Morgan fingerprint density at radius 1 is 1.37 bits per heavy atom. The fourth-order valence-electron chi connectivity index (χ4n) is 3.63. The van der Waals surface area contributed by atoms with E-state index in [2.05, 4.69) is 22.0 Å². The van der Waals surface area contributed by atoms with E-state index in [9.17, 15) is 9.59 Å². The van der Waals surface area contributed by atoms with Crippen molar-refractivity contribution in [2.24, 2.45) is 9.98 Å². The molecule has 1 aromatic carbocycles. The molecule has 8 heteroatoms. The molecule has 30 heavy (non-hydrogen) atoms. The topological polar surface area (TPSA) is 92.6 Å². The van der Waals surface area contributed by atoms with Gasteiger partial charge in [0.05, 0.1) is 18.4 Å². The highest BCUT2D eigenvalue weighted by atomic mass is 16.5. The van der Waals surface area contributed by atoms with Crippen LogP contribution in [0, 0.1) is 6.92 Å². The zero-order valence-electron chi connectivity index (χ0n) is 18.3. The predicted molar refractivity (Wildman–Crippen MR) is 114 cm³/mol. The molecule has 0 saturated carbocycles. The van der Waals surface area contributed by atoms with Gasteiger partial charge < -0.3 is 14.8 Å². The molecule has 160 valence electrons. The van der Waals surface area contributed by atoms with Crippen LogP contribution in [0.25, 0.3) is 0 Å². The van der Waals surface area contributed by atoms with Crippen LogP contribution >= 0.6 is 0 Å². The lowest BCUT2D eigenvalue weighted by Gasteiger charge is -2.21. The number of amidine groups is 1. The van der Waals surface area contributed by atoms with Crippen LogP contribution < -0.4 is 10.1 Å². The Morgan fingerprint density at radius 2 is 2.07 bits per heavy atom. The number of aryl methyl sites for hydroxylation is 1. The second kappa shape index (κ2) is 7.68. The van der Waals surface area contributed by atoms with E-state index in [0.29, 0.717) is 24.5 Å². The highest BCUT2D eigenvalue weighted by Crippen LogP contribution is 2.43. The molecule has 8 nitrogen and oxygen atoms in total. The van der Waals surface area contributed by atoms with Crippen molar-refractivity contribution in [3.8, 4) is 5.75 Å². The van der Waals surface area contributed by atoms with Gasteiger partial charge in [0.25, 0.3) is 5.91 Å². The number of hydrogen-bond acceptors (Lipinski definition) is 5. The summed E-state index contributed by atoms with van der Waals surface area (Å²) < 4.78 is 11.8. The lowest BCUT2D eigenvalue weighted by atomic mass is 9.92. The van der Waals surface area contributed by atoms with Crippen molar-refractivity contribution < 1.29 is 19.1 Å². The summed E-state index contributed by atoms with van der Waals surface area (Å²) in [6.07, 6.45) is 1.86. The molecule has 3 rings (SSSR count). The number of fused-ring (bicyclic) bond motifs is 1. The molecule has 2 heterocycles. The number of nitrogens with one attached hydrogen (secondary N) is 1. The Hall–Kier alpha value is -3.00. The van der Waals surface area contributed by atoms with Crippen LogP contribution in [-0.4, -0.2) is 35.1 Å². The molecule has 3 amide bonds. The lowest BCUT2D eigenvalue weighted by Crippen LogP contribution is -2.42. The third-order valence-corrected chi connectivity index (χ3v) is 5.71. The van der Waals surface area contributed by atoms with Gasteiger partial charge in [-0.2, -0.15) is 0 Å². The summed E-state index contributed by atoms with van der Waals surface area (Å²) in [5.41, 5.74) is 2.11. The maximum Gasteiger partial charge on any atom is 0.329 e. The van der Waals surface area contributed by atoms with E-state index < -0.39 is 17.2 Å². The number of imide groups is 1. The number of rotatable bonds is 4. The van der Waals surface area contributed by atoms with Crippen LogP contribution in [0.4, 0.5) is 4.79 Å². The third kappa shape index (κ3) is 3.63. The van der Waals surface area contributed by atoms with Gasteiger partial charge in [-0.15, -0.1) is 0 Å². The van der Waals surface area contributed by atoms with Crippen molar-refractivity contribution in [3.05, 3.63) is 40.7 Å². The molecule has 2 aliphatic rings. The lowest BCUT2D eigenvalue weighted by molar-refractivity contribution is -0.129. The number of nitrogens with zero attached hydrogens (tertiary/aromatic N) is 3. The van der Waals surface area contributed by atoms with Gasteiger partial charge in [-0.25, -0.2) is 19.7 Å². The van der Waals surface area contributed by atoms with E-state index in [1.165, 1.54) is 6.20 Å². The highest BCUT2D eigenvalue weighted by molar-refractivity contribution is 6.08. The molecule has 1 aromatic rings. The average Bonchev–Trinajstić information content (AvgIpc) is 3.14. The molecule has 1 saturated heterocycles. The molecule has 0 spiro atoms. The normalized spacial score (nSPS) is 23.5. The molecule has 0 radical (unpaired) electrons. The summed E-state index contributed by atoms with van der Waals surface area (Å²) in [5, 5.41) is 2.71. The van der Waals surface area contributed by atoms with Gasteiger partial charge >= 0.3 is 12.1 Å². The summed E-state index contributed by atoms with van der Waals surface area (Å²) in [5.74, 6) is 0.270. The van der Waals surface area contributed by atoms with Gasteiger partial charge in [0.2, 0.25) is 0 Å². The second-order valence-corrected chi connectivity index (χ2v) is 8.23. The Labute approximate surface area is 176 Å². The third-order valence-electron chi connectivity index (χ3n) is 5.71. The quantitative estimate of drug-likeness (QED) is 0.463. The monoisotopic (exact) mass is 412 g/mol. The maximum atomic E-state index is 12.6. The molecule has 0 aliphatic carbocycles. The number of benzene rings is 1. The summed E-state index contributed by atoms with van der Waals surface area (Å²) in [4.78, 5) is 34.0. The first-order valence-corrected chi connectivity index (χ1v) is 9.87. The number of carbonyl (C=O) groups is 2. The number of carbonyl (C=O) groups excluding carboxylic acids is 2. The molecule has 2 aliphatic heterocycles. The SMILES string of the molecule is C=N/C(=N\C=C(/C)N1C(=O)N[C@](C)(CC)C1=O)Oc1ccc(C)c2c1C(C)(C)OC2. The van der Waals surface area contributed by atoms with E-state index in [4.69, 9.17) is 9.47 Å². The van der Waals surface area contributed by atoms with E-state index in [1.807, 2.05) is 39.8 Å². The Kier molecular flexibility index (Phi) is 5.56. The van der Waals surface area contributed by atoms with Crippen LogP contribution in [0.2, 0.25) is 0 Å². The molecule has 0 unspecified atom stereocenters. The average molecular weight is 412 g/mol. The molecule has 1 atom stereocenters. The number of aliphatic imine (C=N–C) groups is 2. The number of amides is 3. The molecule has 1 N–H and O–H groups in total. The first-order valence-electron chi connectivity index (χ1n) is 9.87. The zero-order chi connectivity index (χ0) is 22.3. The Morgan fingerprint density at radius 3 is 2.67 bits per heavy atom. The van der Waals surface area contributed by atoms with Crippen molar-refractivity contribution in [2.45, 2.75) is 65.7 Å². The summed E-state index contributed by atoms with van der Waals surface area (Å²) >= 11 is 0. The zero-order valence-corrected chi connectivity index (χ0v) is 18.3. The van der Waals surface area contributed by atoms with Crippen molar-refractivity contribution >= 4 is 24.7 Å². The van der Waals surface area contributed by atoms with Crippen LogP contribution in [0.15, 0.2) is 34.0 Å². The largest absolute Gasteiger partial charge is 0.424 e. The molecular weight excluding hydrogens is 384 g/mol. The summed E-state index contributed by atoms with van der Waals surface area (Å²) in [6, 6.07) is 3.34. The van der Waals surface area contributed by atoms with E-state index in [0.717, 1.165) is 21.6 Å². The van der Waals surface area contributed by atoms with Crippen molar-refractivity contribution in [2.75, 3.05) is 0 Å². The van der Waals surface area contributed by atoms with Gasteiger partial charge in [0.1, 0.15) is 11.3 Å². The number of hydrogen-bond donors (Lipinski definition) is 1. The van der Waals surface area contributed by atoms with Crippen molar-refractivity contribution in [3.63, 3.8) is 0 Å². The van der Waals surface area contributed by atoms with Gasteiger partial charge in [-0.05, 0) is 65.0 Å². The summed E-state index contributed by atoms with van der Waals surface area (Å²) in [7, 11) is 0. The molecule has 0 aromatic heterocycles. The first kappa shape index (κ1) is 21.7. The minimum Gasteiger partial charge on any atom is -0.424 e. The van der Waals surface area contributed by atoms with Crippen LogP contribution in [-0.2, 0) is 21.7 Å². The first-order chi connectivity index (χ1) is 14.0. The van der Waals surface area contributed by atoms with Crippen molar-refractivity contribution in [1.82, 2.24) is 10.2 Å². The number of urea groups is 1. The molecular formula is C22H28N4O4. The highest BCUT2D eigenvalue weighted by Gasteiger charge is 2.47. The van der Waals surface area contributed by atoms with E-state index >= 15 is 0 Å². The minimum absolute atomic E-state index is 0.00779. The van der Waals surface area contributed by atoms with Gasteiger partial charge in [-0.3, -0.25) is 4.79 Å². The number of allylic oxidation sites excluding steroid dienone is 1. The Balaban J connectivity index is 1.88. The predicted octanol–water partition coefficient (Wildman–Crippen LogP) is 3.78. The fourth-order valence-corrected chi connectivity index (χ4v) is 3.63. The van der Waals surface area contributed by atoms with Crippen molar-refractivity contribution in [1.29, 1.82) is 0 Å². The summed E-state index contributed by atoms with van der Waals surface area (Å²) in [6.45, 7) is 15.2. The van der Waals surface area contributed by atoms with Gasteiger partial charge in [0.15, 0.2) is 0 Å². The molecule has 0 bridgehead atoms. The minimum atomic E-state index is -0.917. The maximum absolute atomic E-state index is 12.6. The smallest absolute Gasteiger partial charge is 0.329 e. The number of ether oxygens (including phenoxy) is 2. The van der Waals surface area contributed by atoms with Gasteiger partial charge in [0, 0.05) is 11.3 Å². The second-order valence-electron chi connectivity index (χ2n) is 8.23. The van der Waals surface area contributed by atoms with Crippen LogP contribution in [0.3, 0.4) is 0 Å². The Bertz CT molecular complexity index is 980.